The first-order valence-electron chi connectivity index (χ1n) is 11.8. The molecule has 0 saturated carbocycles. The molecule has 0 atom stereocenters. The van der Waals surface area contributed by atoms with Crippen LogP contribution in [0.25, 0.3) is 5.69 Å². The lowest BCUT2D eigenvalue weighted by atomic mass is 10.0. The number of carbonyl (C=O) groups excluding carboxylic acids is 2. The maximum atomic E-state index is 13.4. The first-order valence-corrected chi connectivity index (χ1v) is 11.8. The molecule has 1 N–H and O–H groups in total. The van der Waals surface area contributed by atoms with Gasteiger partial charge in [0.2, 0.25) is 0 Å². The number of amides is 2. The maximum Gasteiger partial charge on any atom is 0.255 e. The molecule has 1 aliphatic rings. The summed E-state index contributed by atoms with van der Waals surface area (Å²) in [5, 5.41) is 3.11. The van der Waals surface area contributed by atoms with Crippen LogP contribution < -0.4 is 5.32 Å². The summed E-state index contributed by atoms with van der Waals surface area (Å²) in [6.07, 6.45) is 1.53. The summed E-state index contributed by atoms with van der Waals surface area (Å²) in [4.78, 5) is 27.7. The molecule has 33 heavy (non-hydrogen) atoms. The summed E-state index contributed by atoms with van der Waals surface area (Å²) >= 11 is 0. The summed E-state index contributed by atoms with van der Waals surface area (Å²) in [6, 6.07) is 19.9. The Balaban J connectivity index is 1.44. The van der Waals surface area contributed by atoms with Crippen LogP contribution in [0.15, 0.2) is 60.7 Å². The highest BCUT2D eigenvalue weighted by Crippen LogP contribution is 2.25. The van der Waals surface area contributed by atoms with Crippen molar-refractivity contribution in [2.24, 2.45) is 0 Å². The highest BCUT2D eigenvalue weighted by Gasteiger charge is 2.27. The average molecular weight is 444 g/mol. The van der Waals surface area contributed by atoms with Gasteiger partial charge in [-0.3, -0.25) is 9.59 Å². The summed E-state index contributed by atoms with van der Waals surface area (Å²) in [7, 11) is 0. The second-order valence-corrected chi connectivity index (χ2v) is 9.28. The summed E-state index contributed by atoms with van der Waals surface area (Å²) in [5.41, 5.74) is 5.84. The van der Waals surface area contributed by atoms with Gasteiger partial charge in [0.25, 0.3) is 11.8 Å². The Hall–Kier alpha value is -3.34. The minimum absolute atomic E-state index is 0.0486. The first kappa shape index (κ1) is 22.8. The predicted molar refractivity (Wildman–Crippen MR) is 132 cm³/mol. The molecule has 1 aliphatic heterocycles. The number of carbonyl (C=O) groups is 2. The largest absolute Gasteiger partial charge is 0.349 e. The normalized spacial score (nSPS) is 14.5. The van der Waals surface area contributed by atoms with E-state index in [2.05, 4.69) is 54.9 Å². The molecular weight excluding hydrogens is 410 g/mol. The van der Waals surface area contributed by atoms with Gasteiger partial charge in [0.15, 0.2) is 0 Å². The van der Waals surface area contributed by atoms with E-state index < -0.39 is 0 Å². The van der Waals surface area contributed by atoms with Crippen LogP contribution in [0.2, 0.25) is 0 Å². The van der Waals surface area contributed by atoms with E-state index in [1.54, 1.807) is 0 Å². The number of nitrogens with zero attached hydrogens (tertiary/aromatic N) is 2. The summed E-state index contributed by atoms with van der Waals surface area (Å²) < 4.78 is 2.17. The van der Waals surface area contributed by atoms with Gasteiger partial charge in [-0.15, -0.1) is 0 Å². The molecule has 0 spiro atoms. The minimum atomic E-state index is -0.0486. The third-order valence-corrected chi connectivity index (χ3v) is 6.61. The third kappa shape index (κ3) is 4.87. The van der Waals surface area contributed by atoms with E-state index in [0.29, 0.717) is 24.6 Å². The number of rotatable bonds is 5. The number of piperidine rings is 1. The van der Waals surface area contributed by atoms with Crippen LogP contribution in [-0.2, 0) is 0 Å². The van der Waals surface area contributed by atoms with Crippen LogP contribution >= 0.6 is 0 Å². The first-order chi connectivity index (χ1) is 15.8. The van der Waals surface area contributed by atoms with Gasteiger partial charge in [0, 0.05) is 41.8 Å². The van der Waals surface area contributed by atoms with Gasteiger partial charge in [-0.1, -0.05) is 44.2 Å². The molecular formula is C28H33N3O2. The smallest absolute Gasteiger partial charge is 0.255 e. The predicted octanol–water partition coefficient (Wildman–Crippen LogP) is 5.25. The lowest BCUT2D eigenvalue weighted by molar-refractivity contribution is 0.0697. The van der Waals surface area contributed by atoms with Crippen molar-refractivity contribution in [1.82, 2.24) is 14.8 Å². The van der Waals surface area contributed by atoms with Crippen LogP contribution in [0.5, 0.6) is 0 Å². The monoisotopic (exact) mass is 443 g/mol. The van der Waals surface area contributed by atoms with E-state index >= 15 is 0 Å². The van der Waals surface area contributed by atoms with Crippen molar-refractivity contribution in [2.45, 2.75) is 52.5 Å². The molecule has 4 rings (SSSR count). The molecule has 2 heterocycles. The Labute approximate surface area is 196 Å². The van der Waals surface area contributed by atoms with E-state index in [4.69, 9.17) is 0 Å². The number of benzene rings is 2. The van der Waals surface area contributed by atoms with Crippen molar-refractivity contribution in [3.63, 3.8) is 0 Å². The molecule has 0 radical (unpaired) electrons. The van der Waals surface area contributed by atoms with Gasteiger partial charge in [-0.2, -0.15) is 0 Å². The Kier molecular flexibility index (Phi) is 6.68. The highest BCUT2D eigenvalue weighted by molar-refractivity contribution is 5.96. The summed E-state index contributed by atoms with van der Waals surface area (Å²) in [6.45, 7) is 9.74. The Morgan fingerprint density at radius 1 is 0.939 bits per heavy atom. The van der Waals surface area contributed by atoms with Crippen molar-refractivity contribution < 1.29 is 9.59 Å². The molecule has 5 nitrogen and oxygen atoms in total. The Bertz CT molecular complexity index is 1140. The number of likely N-dealkylation sites (tertiary alicyclic amines) is 1. The van der Waals surface area contributed by atoms with E-state index in [1.165, 1.54) is 5.56 Å². The van der Waals surface area contributed by atoms with Crippen molar-refractivity contribution in [2.75, 3.05) is 13.1 Å². The molecule has 5 heteroatoms. The van der Waals surface area contributed by atoms with Crippen LogP contribution in [-0.4, -0.2) is 40.4 Å². The lowest BCUT2D eigenvalue weighted by Crippen LogP contribution is -2.46. The zero-order valence-corrected chi connectivity index (χ0v) is 20.0. The molecule has 172 valence electrons. The van der Waals surface area contributed by atoms with Crippen LogP contribution in [0.3, 0.4) is 0 Å². The van der Waals surface area contributed by atoms with Crippen molar-refractivity contribution in [3.8, 4) is 5.69 Å². The molecule has 3 aromatic rings. The van der Waals surface area contributed by atoms with Crippen LogP contribution in [0.4, 0.5) is 0 Å². The molecule has 0 unspecified atom stereocenters. The van der Waals surface area contributed by atoms with Crippen LogP contribution in [0.1, 0.15) is 70.3 Å². The van der Waals surface area contributed by atoms with Gasteiger partial charge in [-0.05, 0) is 68.5 Å². The van der Waals surface area contributed by atoms with Crippen LogP contribution in [0, 0.1) is 13.8 Å². The van der Waals surface area contributed by atoms with Gasteiger partial charge in [0.05, 0.1) is 5.56 Å². The average Bonchev–Trinajstić information content (AvgIpc) is 3.13. The lowest BCUT2D eigenvalue weighted by Gasteiger charge is -2.32. The fourth-order valence-electron chi connectivity index (χ4n) is 4.66. The number of aryl methyl sites for hydroxylation is 1. The van der Waals surface area contributed by atoms with Crippen molar-refractivity contribution >= 4 is 11.8 Å². The fourth-order valence-corrected chi connectivity index (χ4v) is 4.66. The van der Waals surface area contributed by atoms with Gasteiger partial charge in [0.1, 0.15) is 0 Å². The van der Waals surface area contributed by atoms with Crippen molar-refractivity contribution in [1.29, 1.82) is 0 Å². The topological polar surface area (TPSA) is 54.3 Å². The highest BCUT2D eigenvalue weighted by atomic mass is 16.2. The van der Waals surface area contributed by atoms with E-state index in [9.17, 15) is 9.59 Å². The van der Waals surface area contributed by atoms with Crippen molar-refractivity contribution in [3.05, 3.63) is 88.7 Å². The molecule has 2 amide bonds. The molecule has 2 aromatic carbocycles. The zero-order valence-electron chi connectivity index (χ0n) is 20.0. The molecule has 0 aliphatic carbocycles. The van der Waals surface area contributed by atoms with E-state index in [-0.39, 0.29) is 17.9 Å². The Morgan fingerprint density at radius 3 is 2.30 bits per heavy atom. The quantitative estimate of drug-likeness (QED) is 0.585. The molecule has 1 aromatic heterocycles. The number of aromatic nitrogens is 1. The second-order valence-electron chi connectivity index (χ2n) is 9.28. The molecule has 0 bridgehead atoms. The second kappa shape index (κ2) is 9.65. The zero-order chi connectivity index (χ0) is 23.5. The fraction of sp³-hybridized carbons (Fsp3) is 0.357. The minimum Gasteiger partial charge on any atom is -0.349 e. The Morgan fingerprint density at radius 2 is 1.64 bits per heavy atom. The van der Waals surface area contributed by atoms with Gasteiger partial charge >= 0.3 is 0 Å². The van der Waals surface area contributed by atoms with Gasteiger partial charge in [-0.25, -0.2) is 0 Å². The number of hydrogen-bond acceptors (Lipinski definition) is 2. The summed E-state index contributed by atoms with van der Waals surface area (Å²) in [5.74, 6) is 0.473. The van der Waals surface area contributed by atoms with E-state index in [1.807, 2.05) is 48.2 Å². The number of nitrogens with one attached hydrogen (secondary N) is 1. The SMILES string of the molecule is Cc1cc(C(=O)N2CCC(NC(=O)c3ccccc3)CC2)c(C)n1-c1cccc(C(C)C)c1. The third-order valence-electron chi connectivity index (χ3n) is 6.61. The number of hydrogen-bond donors (Lipinski definition) is 1. The van der Waals surface area contributed by atoms with E-state index in [0.717, 1.165) is 35.5 Å². The molecule has 1 saturated heterocycles. The standard InChI is InChI=1S/C28H33N3O2/c1-19(2)23-11-8-12-25(18-23)31-20(3)17-26(21(31)4)28(33)30-15-13-24(14-16-30)29-27(32)22-9-6-5-7-10-22/h5-12,17-19,24H,13-16H2,1-4H3,(H,29,32). The maximum absolute atomic E-state index is 13.4. The van der Waals surface area contributed by atoms with Gasteiger partial charge < -0.3 is 14.8 Å². The molecule has 1 fully saturated rings.